The van der Waals surface area contributed by atoms with Gasteiger partial charge in [-0.2, -0.15) is 0 Å². The first-order valence-electron chi connectivity index (χ1n) is 6.53. The van der Waals surface area contributed by atoms with Crippen LogP contribution in [0.25, 0.3) is 0 Å². The molecular weight excluding hydrogens is 274 g/mol. The lowest BCUT2D eigenvalue weighted by Gasteiger charge is -2.15. The zero-order valence-corrected chi connectivity index (χ0v) is 12.2. The lowest BCUT2D eigenvalue weighted by Crippen LogP contribution is -2.35. The molecule has 0 saturated heterocycles. The number of benzene rings is 1. The van der Waals surface area contributed by atoms with Gasteiger partial charge >= 0.3 is 0 Å². The van der Waals surface area contributed by atoms with Crippen molar-refractivity contribution in [2.24, 2.45) is 0 Å². The summed E-state index contributed by atoms with van der Waals surface area (Å²) in [7, 11) is 3.14. The van der Waals surface area contributed by atoms with Gasteiger partial charge < -0.3 is 19.5 Å². The highest BCUT2D eigenvalue weighted by Crippen LogP contribution is 2.26. The van der Waals surface area contributed by atoms with Gasteiger partial charge in [-0.1, -0.05) is 0 Å². The van der Waals surface area contributed by atoms with Gasteiger partial charge in [0.25, 0.3) is 10.9 Å². The van der Waals surface area contributed by atoms with E-state index in [4.69, 9.17) is 14.2 Å². The fraction of sp³-hybridized carbons (Fsp3) is 0.333. The fourth-order valence-corrected chi connectivity index (χ4v) is 2.02. The van der Waals surface area contributed by atoms with Crippen LogP contribution in [-0.2, 0) is 6.54 Å². The van der Waals surface area contributed by atoms with Crippen molar-refractivity contribution in [2.45, 2.75) is 13.5 Å². The highest BCUT2D eigenvalue weighted by molar-refractivity contribution is 5.62. The van der Waals surface area contributed by atoms with Gasteiger partial charge in [-0.15, -0.1) is 0 Å². The summed E-state index contributed by atoms with van der Waals surface area (Å²) in [6.45, 7) is 2.42. The number of hydrogen-bond acceptors (Lipinski definition) is 6. The fourth-order valence-electron chi connectivity index (χ4n) is 2.02. The van der Waals surface area contributed by atoms with E-state index in [1.165, 1.54) is 0 Å². The van der Waals surface area contributed by atoms with Crippen molar-refractivity contribution in [3.05, 3.63) is 44.2 Å². The molecule has 2 aromatic rings. The molecule has 0 aliphatic carbocycles. The van der Waals surface area contributed by atoms with Crippen molar-refractivity contribution in [3.63, 3.8) is 0 Å². The van der Waals surface area contributed by atoms with Crippen LogP contribution in [0.3, 0.4) is 0 Å². The molecule has 21 heavy (non-hydrogen) atoms. The summed E-state index contributed by atoms with van der Waals surface area (Å²) in [6.07, 6.45) is 0. The van der Waals surface area contributed by atoms with Gasteiger partial charge in [0.15, 0.2) is 5.75 Å². The van der Waals surface area contributed by atoms with Crippen LogP contribution in [0.2, 0.25) is 0 Å². The number of methoxy groups -OCH3 is 2. The van der Waals surface area contributed by atoms with Gasteiger partial charge in [0.05, 0.1) is 20.8 Å². The van der Waals surface area contributed by atoms with Crippen LogP contribution in [0.15, 0.2) is 27.8 Å². The lowest BCUT2D eigenvalue weighted by atomic mass is 10.1. The Morgan fingerprint density at radius 1 is 1.10 bits per heavy atom. The molecule has 0 heterocycles. The lowest BCUT2D eigenvalue weighted by molar-refractivity contribution is 0.334. The van der Waals surface area contributed by atoms with Crippen LogP contribution in [-0.4, -0.2) is 20.8 Å². The largest absolute Gasteiger partial charge is 0.497 e. The number of hydrogen-bond donors (Lipinski definition) is 1. The van der Waals surface area contributed by atoms with Crippen LogP contribution in [0.4, 0.5) is 5.69 Å². The summed E-state index contributed by atoms with van der Waals surface area (Å²) in [6, 6.07) is 5.37. The molecule has 0 amide bonds. The molecule has 0 aromatic heterocycles. The minimum absolute atomic E-state index is 0.101. The highest BCUT2D eigenvalue weighted by Gasteiger charge is 2.22. The third kappa shape index (κ3) is 2.84. The first-order chi connectivity index (χ1) is 10.1. The van der Waals surface area contributed by atoms with E-state index >= 15 is 0 Å². The third-order valence-electron chi connectivity index (χ3n) is 3.10. The molecule has 0 bridgehead atoms. The number of rotatable bonds is 7. The smallest absolute Gasteiger partial charge is 0.272 e. The second-order valence-electron chi connectivity index (χ2n) is 4.33. The molecule has 0 aliphatic heterocycles. The maximum atomic E-state index is 11.5. The summed E-state index contributed by atoms with van der Waals surface area (Å²) < 4.78 is 15.6. The maximum Gasteiger partial charge on any atom is 0.272 e. The molecule has 0 fully saturated rings. The molecule has 2 rings (SSSR count). The first kappa shape index (κ1) is 14.9. The molecule has 112 valence electrons. The Hall–Kier alpha value is -2.50. The van der Waals surface area contributed by atoms with Crippen LogP contribution in [0.1, 0.15) is 12.5 Å². The quantitative estimate of drug-likeness (QED) is 0.775. The second-order valence-corrected chi connectivity index (χ2v) is 4.33. The molecule has 2 aromatic carbocycles. The van der Waals surface area contributed by atoms with E-state index < -0.39 is 10.9 Å². The Morgan fingerprint density at radius 2 is 1.86 bits per heavy atom. The van der Waals surface area contributed by atoms with Gasteiger partial charge in [-0.05, 0) is 25.1 Å². The first-order valence-corrected chi connectivity index (χ1v) is 6.53. The maximum absolute atomic E-state index is 11.5. The van der Waals surface area contributed by atoms with E-state index in [1.807, 2.05) is 0 Å². The van der Waals surface area contributed by atoms with E-state index in [9.17, 15) is 9.59 Å². The Bertz CT molecular complexity index is 700. The second kappa shape index (κ2) is 6.30. The van der Waals surface area contributed by atoms with Gasteiger partial charge in [0, 0.05) is 12.1 Å². The van der Waals surface area contributed by atoms with E-state index in [0.717, 1.165) is 5.56 Å². The van der Waals surface area contributed by atoms with Gasteiger partial charge in [0.2, 0.25) is 0 Å². The Labute approximate surface area is 122 Å². The van der Waals surface area contributed by atoms with Crippen LogP contribution in [0, 0.1) is 0 Å². The highest BCUT2D eigenvalue weighted by atomic mass is 16.5. The topological polar surface area (TPSA) is 73.9 Å². The standard InChI is InChI=1S/C15H17NO5/c1-4-21-15-12(13(17)14(15)18)16-8-9-7-10(19-2)5-6-11(9)20-3/h5-7,16H,4,8H2,1-3H3. The minimum atomic E-state index is -0.586. The average Bonchev–Trinajstić information content (AvgIpc) is 2.53. The Balaban J connectivity index is 2.18. The molecule has 1 N–H and O–H groups in total. The predicted molar refractivity (Wildman–Crippen MR) is 79.4 cm³/mol. The molecular formula is C15H17NO5. The predicted octanol–water partition coefficient (Wildman–Crippen LogP) is 1.31. The molecule has 0 spiro atoms. The SMILES string of the molecule is CCOc1c(NCc2cc(OC)ccc2OC)c(=O)c1=O. The van der Waals surface area contributed by atoms with Crippen molar-refractivity contribution in [2.75, 3.05) is 26.1 Å². The van der Waals surface area contributed by atoms with Crippen LogP contribution >= 0.6 is 0 Å². The number of anilines is 1. The van der Waals surface area contributed by atoms with Crippen LogP contribution in [0.5, 0.6) is 17.2 Å². The molecule has 0 saturated carbocycles. The van der Waals surface area contributed by atoms with Gasteiger partial charge in [-0.25, -0.2) is 0 Å². The Kier molecular flexibility index (Phi) is 4.47. The van der Waals surface area contributed by atoms with Crippen molar-refractivity contribution in [1.82, 2.24) is 0 Å². The zero-order valence-electron chi connectivity index (χ0n) is 12.2. The van der Waals surface area contributed by atoms with Gasteiger partial charge in [-0.3, -0.25) is 9.59 Å². The van der Waals surface area contributed by atoms with Gasteiger partial charge in [0.1, 0.15) is 17.2 Å². The van der Waals surface area contributed by atoms with Crippen molar-refractivity contribution >= 4 is 5.69 Å². The van der Waals surface area contributed by atoms with E-state index in [0.29, 0.717) is 24.7 Å². The van der Waals surface area contributed by atoms with Crippen molar-refractivity contribution in [1.29, 1.82) is 0 Å². The minimum Gasteiger partial charge on any atom is -0.497 e. The normalized spacial score (nSPS) is 10.4. The van der Waals surface area contributed by atoms with Crippen molar-refractivity contribution in [3.8, 4) is 17.2 Å². The van der Waals surface area contributed by atoms with E-state index in [2.05, 4.69) is 5.32 Å². The number of nitrogens with one attached hydrogen (secondary N) is 1. The molecule has 0 unspecified atom stereocenters. The zero-order chi connectivity index (χ0) is 15.4. The summed E-state index contributed by atoms with van der Waals surface area (Å²) in [5.74, 6) is 1.45. The van der Waals surface area contributed by atoms with E-state index in [1.54, 1.807) is 39.3 Å². The monoisotopic (exact) mass is 291 g/mol. The third-order valence-corrected chi connectivity index (χ3v) is 3.10. The molecule has 6 nitrogen and oxygen atoms in total. The molecule has 0 radical (unpaired) electrons. The number of ether oxygens (including phenoxy) is 3. The molecule has 0 aliphatic rings. The summed E-state index contributed by atoms with van der Waals surface area (Å²) >= 11 is 0. The molecule has 0 atom stereocenters. The van der Waals surface area contributed by atoms with E-state index in [-0.39, 0.29) is 11.4 Å². The average molecular weight is 291 g/mol. The molecule has 6 heteroatoms. The summed E-state index contributed by atoms with van der Waals surface area (Å²) in [5, 5.41) is 2.93. The summed E-state index contributed by atoms with van der Waals surface area (Å²) in [5.41, 5.74) is -0.114. The summed E-state index contributed by atoms with van der Waals surface area (Å²) in [4.78, 5) is 22.9. The van der Waals surface area contributed by atoms with Crippen LogP contribution < -0.4 is 30.4 Å². The van der Waals surface area contributed by atoms with Crippen molar-refractivity contribution < 1.29 is 14.2 Å². The Morgan fingerprint density at radius 3 is 2.48 bits per heavy atom.